The number of aliphatic hydroxyl groups is 1. The van der Waals surface area contributed by atoms with Crippen LogP contribution >= 0.6 is 0 Å². The molecule has 1 fully saturated rings. The van der Waals surface area contributed by atoms with Crippen LogP contribution in [0.5, 0.6) is 0 Å². The van der Waals surface area contributed by atoms with Gasteiger partial charge in [-0.05, 0) is 32.7 Å². The Labute approximate surface area is 86.3 Å². The molecule has 0 aliphatic carbocycles. The van der Waals surface area contributed by atoms with Crippen molar-refractivity contribution < 1.29 is 5.11 Å². The van der Waals surface area contributed by atoms with Crippen LogP contribution in [0.15, 0.2) is 0 Å². The molecule has 14 heavy (non-hydrogen) atoms. The zero-order valence-corrected chi connectivity index (χ0v) is 8.95. The van der Waals surface area contributed by atoms with Crippen LogP contribution in [0.4, 0.5) is 0 Å². The zero-order valence-electron chi connectivity index (χ0n) is 8.95. The van der Waals surface area contributed by atoms with Gasteiger partial charge >= 0.3 is 0 Å². The lowest BCUT2D eigenvalue weighted by Gasteiger charge is -2.36. The van der Waals surface area contributed by atoms with Gasteiger partial charge in [-0.3, -0.25) is 4.90 Å². The van der Waals surface area contributed by atoms with Crippen LogP contribution in [0.1, 0.15) is 32.6 Å². The number of hydrogen-bond donors (Lipinski definition) is 1. The Kier molecular flexibility index (Phi) is 4.92. The van der Waals surface area contributed by atoms with E-state index in [1.807, 2.05) is 6.92 Å². The van der Waals surface area contributed by atoms with E-state index in [1.165, 1.54) is 19.3 Å². The maximum absolute atomic E-state index is 8.94. The number of nitrogens with zero attached hydrogens (tertiary/aromatic N) is 2. The van der Waals surface area contributed by atoms with E-state index < -0.39 is 0 Å². The summed E-state index contributed by atoms with van der Waals surface area (Å²) in [6.45, 7) is 4.19. The van der Waals surface area contributed by atoms with Gasteiger partial charge in [0.05, 0.1) is 12.0 Å². The van der Waals surface area contributed by atoms with Gasteiger partial charge in [-0.15, -0.1) is 0 Å². The molecule has 2 unspecified atom stereocenters. The van der Waals surface area contributed by atoms with Crippen LogP contribution in [0.25, 0.3) is 0 Å². The number of hydrogen-bond acceptors (Lipinski definition) is 3. The molecule has 1 aliphatic rings. The minimum atomic E-state index is 0.106. The third kappa shape index (κ3) is 3.28. The van der Waals surface area contributed by atoms with Gasteiger partial charge in [0, 0.05) is 19.2 Å². The van der Waals surface area contributed by atoms with Gasteiger partial charge < -0.3 is 5.11 Å². The van der Waals surface area contributed by atoms with Crippen LogP contribution < -0.4 is 0 Å². The minimum absolute atomic E-state index is 0.106. The molecule has 1 heterocycles. The fourth-order valence-electron chi connectivity index (χ4n) is 2.17. The topological polar surface area (TPSA) is 47.3 Å². The largest absolute Gasteiger partial charge is 0.396 e. The highest BCUT2D eigenvalue weighted by molar-refractivity contribution is 4.85. The molecular formula is C11H20N2O. The predicted octanol–water partition coefficient (Wildman–Crippen LogP) is 1.38. The highest BCUT2D eigenvalue weighted by Crippen LogP contribution is 2.20. The van der Waals surface area contributed by atoms with E-state index in [-0.39, 0.29) is 12.5 Å². The third-order valence-corrected chi connectivity index (χ3v) is 2.94. The van der Waals surface area contributed by atoms with Crippen LogP contribution in [-0.4, -0.2) is 35.7 Å². The number of piperidine rings is 1. The average Bonchev–Trinajstić information content (AvgIpc) is 2.21. The quantitative estimate of drug-likeness (QED) is 0.739. The molecule has 1 saturated heterocycles. The lowest BCUT2D eigenvalue weighted by Crippen LogP contribution is -2.42. The van der Waals surface area contributed by atoms with Gasteiger partial charge in [0.15, 0.2) is 0 Å². The van der Waals surface area contributed by atoms with E-state index in [9.17, 15) is 0 Å². The highest BCUT2D eigenvalue weighted by Gasteiger charge is 2.22. The van der Waals surface area contributed by atoms with Crippen LogP contribution in [0, 0.1) is 17.2 Å². The number of likely N-dealkylation sites (tertiary alicyclic amines) is 1. The van der Waals surface area contributed by atoms with Crippen LogP contribution in [-0.2, 0) is 0 Å². The fourth-order valence-corrected chi connectivity index (χ4v) is 2.17. The van der Waals surface area contributed by atoms with Crippen LogP contribution in [0.3, 0.4) is 0 Å². The molecule has 1 rings (SSSR count). The van der Waals surface area contributed by atoms with Crippen molar-refractivity contribution in [2.24, 2.45) is 5.92 Å². The lowest BCUT2D eigenvalue weighted by atomic mass is 9.98. The second-order valence-corrected chi connectivity index (χ2v) is 4.19. The first kappa shape index (κ1) is 11.5. The van der Waals surface area contributed by atoms with Crippen LogP contribution in [0.2, 0.25) is 0 Å². The minimum Gasteiger partial charge on any atom is -0.396 e. The molecule has 3 heteroatoms. The Bertz CT molecular complexity index is 198. The maximum Gasteiger partial charge on any atom is 0.0666 e. The van der Waals surface area contributed by atoms with E-state index in [4.69, 9.17) is 10.4 Å². The second-order valence-electron chi connectivity index (χ2n) is 4.19. The summed E-state index contributed by atoms with van der Waals surface area (Å²) in [6.07, 6.45) is 4.54. The third-order valence-electron chi connectivity index (χ3n) is 2.94. The fraction of sp³-hybridized carbons (Fsp3) is 0.909. The van der Waals surface area contributed by atoms with Crippen molar-refractivity contribution in [2.75, 3.05) is 19.7 Å². The smallest absolute Gasteiger partial charge is 0.0666 e. The normalized spacial score (nSPS) is 25.6. The van der Waals surface area contributed by atoms with E-state index >= 15 is 0 Å². The first-order valence-corrected chi connectivity index (χ1v) is 5.52. The van der Waals surface area contributed by atoms with E-state index in [2.05, 4.69) is 11.0 Å². The Morgan fingerprint density at radius 3 is 3.00 bits per heavy atom. The molecule has 0 saturated carbocycles. The van der Waals surface area contributed by atoms with Gasteiger partial charge in [-0.25, -0.2) is 0 Å². The molecule has 1 N–H and O–H groups in total. The van der Waals surface area contributed by atoms with Crippen molar-refractivity contribution in [3.8, 4) is 6.07 Å². The predicted molar refractivity (Wildman–Crippen MR) is 55.7 cm³/mol. The van der Waals surface area contributed by atoms with Crippen molar-refractivity contribution in [3.63, 3.8) is 0 Å². The first-order chi connectivity index (χ1) is 6.77. The molecule has 2 atom stereocenters. The molecule has 0 aromatic heterocycles. The Balaban J connectivity index is 2.42. The van der Waals surface area contributed by atoms with Crippen molar-refractivity contribution >= 4 is 0 Å². The number of nitriles is 1. The Morgan fingerprint density at radius 2 is 2.36 bits per heavy atom. The Hall–Kier alpha value is -0.590. The summed E-state index contributed by atoms with van der Waals surface area (Å²) < 4.78 is 0. The Morgan fingerprint density at radius 1 is 1.57 bits per heavy atom. The van der Waals surface area contributed by atoms with Gasteiger partial charge in [0.2, 0.25) is 0 Å². The van der Waals surface area contributed by atoms with Crippen molar-refractivity contribution in [3.05, 3.63) is 0 Å². The summed E-state index contributed by atoms with van der Waals surface area (Å²) in [5, 5.41) is 17.7. The van der Waals surface area contributed by atoms with Crippen molar-refractivity contribution in [1.29, 1.82) is 5.26 Å². The maximum atomic E-state index is 8.94. The number of aliphatic hydroxyl groups excluding tert-OH is 1. The standard InChI is InChI=1S/C11H20N2O/c1-10(8-12)9-13-6-3-2-4-11(13)5-7-14/h10-11,14H,2-7,9H2,1H3. The molecule has 0 amide bonds. The van der Waals surface area contributed by atoms with E-state index in [0.717, 1.165) is 19.5 Å². The van der Waals surface area contributed by atoms with Gasteiger partial charge in [0.1, 0.15) is 0 Å². The van der Waals surface area contributed by atoms with E-state index in [1.54, 1.807) is 0 Å². The summed E-state index contributed by atoms with van der Waals surface area (Å²) in [6, 6.07) is 2.77. The summed E-state index contributed by atoms with van der Waals surface area (Å²) >= 11 is 0. The average molecular weight is 196 g/mol. The van der Waals surface area contributed by atoms with Crippen molar-refractivity contribution in [2.45, 2.75) is 38.6 Å². The molecule has 1 aliphatic heterocycles. The molecule has 0 aromatic rings. The van der Waals surface area contributed by atoms with Gasteiger partial charge in [-0.1, -0.05) is 6.42 Å². The summed E-state index contributed by atoms with van der Waals surface area (Å²) in [5.41, 5.74) is 0. The number of rotatable bonds is 4. The highest BCUT2D eigenvalue weighted by atomic mass is 16.3. The molecule has 80 valence electrons. The first-order valence-electron chi connectivity index (χ1n) is 5.52. The molecular weight excluding hydrogens is 176 g/mol. The summed E-state index contributed by atoms with van der Waals surface area (Å²) in [5.74, 6) is 0.106. The molecule has 0 aromatic carbocycles. The van der Waals surface area contributed by atoms with Gasteiger partial charge in [-0.2, -0.15) is 5.26 Å². The van der Waals surface area contributed by atoms with Crippen molar-refractivity contribution in [1.82, 2.24) is 4.90 Å². The van der Waals surface area contributed by atoms with Gasteiger partial charge in [0.25, 0.3) is 0 Å². The SMILES string of the molecule is CC(C#N)CN1CCCCC1CCO. The lowest BCUT2D eigenvalue weighted by molar-refractivity contribution is 0.111. The molecule has 3 nitrogen and oxygen atoms in total. The monoisotopic (exact) mass is 196 g/mol. The molecule has 0 bridgehead atoms. The summed E-state index contributed by atoms with van der Waals surface area (Å²) in [4.78, 5) is 2.37. The molecule has 0 radical (unpaired) electrons. The second kappa shape index (κ2) is 6.00. The van der Waals surface area contributed by atoms with E-state index in [0.29, 0.717) is 6.04 Å². The summed E-state index contributed by atoms with van der Waals surface area (Å²) in [7, 11) is 0. The molecule has 0 spiro atoms. The zero-order chi connectivity index (χ0) is 10.4.